The van der Waals surface area contributed by atoms with Gasteiger partial charge in [-0.05, 0) is 6.07 Å². The predicted octanol–water partition coefficient (Wildman–Crippen LogP) is -0.581. The molecule has 0 radical (unpaired) electrons. The second kappa shape index (κ2) is 6.06. The van der Waals surface area contributed by atoms with Crippen LogP contribution in [0.1, 0.15) is 22.3 Å². The highest BCUT2D eigenvalue weighted by molar-refractivity contribution is 5.92. The van der Waals surface area contributed by atoms with Crippen molar-refractivity contribution in [1.29, 1.82) is 0 Å². The van der Waals surface area contributed by atoms with Crippen LogP contribution < -0.4 is 5.56 Å². The third-order valence-electron chi connectivity index (χ3n) is 3.48. The smallest absolute Gasteiger partial charge is 0.274 e. The average Bonchev–Trinajstić information content (AvgIpc) is 2.93. The standard InChI is InChI=1S/C13H16N6O3/c1-9-14-17-12(22-9)8-18-4-6-19(7-5-18)13(21)10-2-3-11(20)16-15-10/h2-3H,4-8H2,1H3,(H,16,20). The van der Waals surface area contributed by atoms with Gasteiger partial charge in [-0.2, -0.15) is 5.10 Å². The molecule has 1 fully saturated rings. The summed E-state index contributed by atoms with van der Waals surface area (Å²) in [7, 11) is 0. The van der Waals surface area contributed by atoms with E-state index in [2.05, 4.69) is 25.3 Å². The maximum atomic E-state index is 12.3. The quantitative estimate of drug-likeness (QED) is 0.808. The van der Waals surface area contributed by atoms with Crippen molar-refractivity contribution in [2.45, 2.75) is 13.5 Å². The minimum Gasteiger partial charge on any atom is -0.424 e. The number of hydrogen-bond acceptors (Lipinski definition) is 7. The summed E-state index contributed by atoms with van der Waals surface area (Å²) < 4.78 is 5.35. The van der Waals surface area contributed by atoms with Crippen LogP contribution in [0.25, 0.3) is 0 Å². The van der Waals surface area contributed by atoms with Crippen LogP contribution in [0.2, 0.25) is 0 Å². The molecule has 116 valence electrons. The third-order valence-corrected chi connectivity index (χ3v) is 3.48. The number of aromatic amines is 1. The van der Waals surface area contributed by atoms with Crippen molar-refractivity contribution in [3.05, 3.63) is 40.0 Å². The summed E-state index contributed by atoms with van der Waals surface area (Å²) in [5.74, 6) is 0.956. The highest BCUT2D eigenvalue weighted by atomic mass is 16.4. The normalized spacial score (nSPS) is 16.0. The summed E-state index contributed by atoms with van der Waals surface area (Å²) in [6, 6.07) is 2.74. The number of hydrogen-bond donors (Lipinski definition) is 1. The van der Waals surface area contributed by atoms with Gasteiger partial charge in [0.25, 0.3) is 11.5 Å². The summed E-state index contributed by atoms with van der Waals surface area (Å²) in [4.78, 5) is 27.1. The van der Waals surface area contributed by atoms with E-state index in [1.807, 2.05) is 0 Å². The van der Waals surface area contributed by atoms with Crippen LogP contribution in [0.4, 0.5) is 0 Å². The molecule has 1 N–H and O–H groups in total. The largest absolute Gasteiger partial charge is 0.424 e. The summed E-state index contributed by atoms with van der Waals surface area (Å²) in [5.41, 5.74) is -0.0724. The number of H-pyrrole nitrogens is 1. The van der Waals surface area contributed by atoms with Crippen molar-refractivity contribution in [1.82, 2.24) is 30.2 Å². The lowest BCUT2D eigenvalue weighted by atomic mass is 10.2. The molecule has 0 unspecified atom stereocenters. The highest BCUT2D eigenvalue weighted by Gasteiger charge is 2.24. The van der Waals surface area contributed by atoms with E-state index in [4.69, 9.17) is 4.42 Å². The van der Waals surface area contributed by atoms with Crippen molar-refractivity contribution in [3.8, 4) is 0 Å². The molecule has 3 heterocycles. The van der Waals surface area contributed by atoms with E-state index in [1.54, 1.807) is 11.8 Å². The first-order valence-electron chi connectivity index (χ1n) is 6.98. The Kier molecular flexibility index (Phi) is 3.96. The van der Waals surface area contributed by atoms with E-state index >= 15 is 0 Å². The number of aryl methyl sites for hydroxylation is 1. The van der Waals surface area contributed by atoms with Crippen LogP contribution in [0, 0.1) is 6.92 Å². The van der Waals surface area contributed by atoms with Crippen molar-refractivity contribution < 1.29 is 9.21 Å². The SMILES string of the molecule is Cc1nnc(CN2CCN(C(=O)c3ccc(=O)[nH]n3)CC2)o1. The molecule has 0 aliphatic carbocycles. The van der Waals surface area contributed by atoms with Crippen LogP contribution >= 0.6 is 0 Å². The Hall–Kier alpha value is -2.55. The zero-order valence-electron chi connectivity index (χ0n) is 12.2. The van der Waals surface area contributed by atoms with Crippen LogP contribution in [0.3, 0.4) is 0 Å². The van der Waals surface area contributed by atoms with Crippen LogP contribution in [-0.2, 0) is 6.54 Å². The number of piperazine rings is 1. The van der Waals surface area contributed by atoms with Gasteiger partial charge < -0.3 is 9.32 Å². The van der Waals surface area contributed by atoms with Gasteiger partial charge in [-0.15, -0.1) is 10.2 Å². The fraction of sp³-hybridized carbons (Fsp3) is 0.462. The third kappa shape index (κ3) is 3.19. The molecule has 0 aromatic carbocycles. The Morgan fingerprint density at radius 3 is 2.64 bits per heavy atom. The van der Waals surface area contributed by atoms with Gasteiger partial charge in [0.15, 0.2) is 0 Å². The van der Waals surface area contributed by atoms with E-state index in [1.165, 1.54) is 12.1 Å². The number of carbonyl (C=O) groups excluding carboxylic acids is 1. The lowest BCUT2D eigenvalue weighted by Gasteiger charge is -2.33. The summed E-state index contributed by atoms with van der Waals surface area (Å²) in [6.07, 6.45) is 0. The Bertz CT molecular complexity index is 696. The Morgan fingerprint density at radius 1 is 1.27 bits per heavy atom. The Labute approximate surface area is 125 Å². The molecule has 1 aliphatic heterocycles. The van der Waals surface area contributed by atoms with E-state index < -0.39 is 0 Å². The molecule has 1 aliphatic rings. The van der Waals surface area contributed by atoms with Crippen molar-refractivity contribution in [3.63, 3.8) is 0 Å². The number of aromatic nitrogens is 4. The first-order valence-corrected chi connectivity index (χ1v) is 6.98. The van der Waals surface area contributed by atoms with E-state index in [0.717, 1.165) is 13.1 Å². The van der Waals surface area contributed by atoms with Gasteiger partial charge in [0, 0.05) is 39.2 Å². The molecule has 1 saturated heterocycles. The monoisotopic (exact) mass is 304 g/mol. The lowest BCUT2D eigenvalue weighted by Crippen LogP contribution is -2.48. The maximum absolute atomic E-state index is 12.3. The molecule has 2 aromatic rings. The molecule has 2 aromatic heterocycles. The van der Waals surface area contributed by atoms with E-state index in [-0.39, 0.29) is 17.2 Å². The Morgan fingerprint density at radius 2 is 2.05 bits per heavy atom. The van der Waals surface area contributed by atoms with Crippen LogP contribution in [0.15, 0.2) is 21.3 Å². The molecule has 0 spiro atoms. The molecule has 1 amide bonds. The molecule has 3 rings (SSSR count). The summed E-state index contributed by atoms with van der Waals surface area (Å²) in [5, 5.41) is 13.8. The topological polar surface area (TPSA) is 108 Å². The fourth-order valence-electron chi connectivity index (χ4n) is 2.33. The molecule has 22 heavy (non-hydrogen) atoms. The minimum absolute atomic E-state index is 0.176. The maximum Gasteiger partial charge on any atom is 0.274 e. The predicted molar refractivity (Wildman–Crippen MR) is 75.1 cm³/mol. The molecule has 0 saturated carbocycles. The summed E-state index contributed by atoms with van der Waals surface area (Å²) in [6.45, 7) is 4.95. The van der Waals surface area contributed by atoms with Crippen LogP contribution in [-0.4, -0.2) is 62.3 Å². The van der Waals surface area contributed by atoms with Gasteiger partial charge in [0.05, 0.1) is 6.54 Å². The van der Waals surface area contributed by atoms with Crippen molar-refractivity contribution in [2.75, 3.05) is 26.2 Å². The molecule has 9 heteroatoms. The van der Waals surface area contributed by atoms with Gasteiger partial charge in [-0.25, -0.2) is 5.10 Å². The zero-order valence-corrected chi connectivity index (χ0v) is 12.2. The van der Waals surface area contributed by atoms with Gasteiger partial charge in [0.2, 0.25) is 11.8 Å². The zero-order chi connectivity index (χ0) is 15.5. The molecule has 0 atom stereocenters. The number of nitrogens with zero attached hydrogens (tertiary/aromatic N) is 5. The average molecular weight is 304 g/mol. The number of rotatable bonds is 3. The second-order valence-electron chi connectivity index (χ2n) is 5.09. The highest BCUT2D eigenvalue weighted by Crippen LogP contribution is 2.09. The first kappa shape index (κ1) is 14.4. The summed E-state index contributed by atoms with van der Waals surface area (Å²) >= 11 is 0. The molecular weight excluding hydrogens is 288 g/mol. The second-order valence-corrected chi connectivity index (χ2v) is 5.09. The number of amides is 1. The van der Waals surface area contributed by atoms with Crippen molar-refractivity contribution >= 4 is 5.91 Å². The van der Waals surface area contributed by atoms with Gasteiger partial charge in [0.1, 0.15) is 5.69 Å². The molecular formula is C13H16N6O3. The van der Waals surface area contributed by atoms with Crippen molar-refractivity contribution in [2.24, 2.45) is 0 Å². The minimum atomic E-state index is -0.323. The van der Waals surface area contributed by atoms with Gasteiger partial charge >= 0.3 is 0 Å². The fourth-order valence-corrected chi connectivity index (χ4v) is 2.33. The van der Waals surface area contributed by atoms with E-state index in [9.17, 15) is 9.59 Å². The van der Waals surface area contributed by atoms with Gasteiger partial charge in [-0.1, -0.05) is 0 Å². The molecule has 0 bridgehead atoms. The lowest BCUT2D eigenvalue weighted by molar-refractivity contribution is 0.0611. The van der Waals surface area contributed by atoms with E-state index in [0.29, 0.717) is 31.4 Å². The molecule has 9 nitrogen and oxygen atoms in total. The number of nitrogens with one attached hydrogen (secondary N) is 1. The van der Waals surface area contributed by atoms with Crippen LogP contribution in [0.5, 0.6) is 0 Å². The first-order chi connectivity index (χ1) is 10.6. The Balaban J connectivity index is 1.56. The number of carbonyl (C=O) groups is 1. The van der Waals surface area contributed by atoms with Gasteiger partial charge in [-0.3, -0.25) is 14.5 Å².